The van der Waals surface area contributed by atoms with Crippen LogP contribution in [0, 0.1) is 0 Å². The molecule has 3 N–H and O–H groups in total. The minimum absolute atomic E-state index is 0.162. The fourth-order valence-electron chi connectivity index (χ4n) is 5.85. The summed E-state index contributed by atoms with van der Waals surface area (Å²) in [7, 11) is 2.42. The number of rotatable bonds is 35. The van der Waals surface area contributed by atoms with Gasteiger partial charge in [-0.15, -0.1) is 0 Å². The van der Waals surface area contributed by atoms with Crippen LogP contribution in [0.4, 0.5) is 0 Å². The van der Waals surface area contributed by atoms with Crippen LogP contribution in [0.2, 0.25) is 38.3 Å². The third kappa shape index (κ3) is 31.1. The topological polar surface area (TPSA) is 145 Å². The number of aliphatic hydroxyl groups is 2. The number of aliphatic hydroxyl groups excluding tert-OH is 2. The molecule has 2 unspecified atom stereocenters. The van der Waals surface area contributed by atoms with Crippen LogP contribution >= 0.6 is 0 Å². The van der Waals surface area contributed by atoms with Crippen LogP contribution < -0.4 is 5.32 Å². The summed E-state index contributed by atoms with van der Waals surface area (Å²) in [6.07, 6.45) is 6.06. The van der Waals surface area contributed by atoms with Gasteiger partial charge in [0.25, 0.3) is 0 Å². The van der Waals surface area contributed by atoms with Crippen molar-refractivity contribution in [3.8, 4) is 0 Å². The maximum Gasteiger partial charge on any atom is 0.320 e. The van der Waals surface area contributed by atoms with Crippen molar-refractivity contribution in [3.63, 3.8) is 0 Å². The number of esters is 2. The quantitative estimate of drug-likeness (QED) is 0.0375. The van der Waals surface area contributed by atoms with Crippen molar-refractivity contribution < 1.29 is 52.1 Å². The molecule has 0 aliphatic carbocycles. The summed E-state index contributed by atoms with van der Waals surface area (Å²) >= 11 is 0. The van der Waals surface area contributed by atoms with E-state index in [1.165, 1.54) is 0 Å². The van der Waals surface area contributed by atoms with Crippen LogP contribution in [-0.4, -0.2) is 174 Å². The lowest BCUT2D eigenvalue weighted by Crippen LogP contribution is -2.47. The summed E-state index contributed by atoms with van der Waals surface area (Å²) in [6, 6.07) is 2.09. The van der Waals surface area contributed by atoms with E-state index >= 15 is 0 Å². The summed E-state index contributed by atoms with van der Waals surface area (Å²) in [5, 5.41) is 23.0. The molecule has 0 aromatic heterocycles. The van der Waals surface area contributed by atoms with Gasteiger partial charge in [-0.3, -0.25) is 14.5 Å². The molecule has 2 atom stereocenters. The van der Waals surface area contributed by atoms with E-state index in [0.29, 0.717) is 33.0 Å². The molecule has 51 heavy (non-hydrogen) atoms. The van der Waals surface area contributed by atoms with Crippen molar-refractivity contribution in [2.75, 3.05) is 113 Å². The van der Waals surface area contributed by atoms with Gasteiger partial charge >= 0.3 is 11.9 Å². The Bertz CT molecular complexity index is 886. The first-order chi connectivity index (χ1) is 24.0. The number of nitrogens with zero attached hydrogens (tertiary/aromatic N) is 2. The van der Waals surface area contributed by atoms with E-state index in [1.807, 2.05) is 13.8 Å². The highest BCUT2D eigenvalue weighted by Crippen LogP contribution is 2.24. The first-order valence-corrected chi connectivity index (χ1v) is 25.6. The van der Waals surface area contributed by atoms with Crippen molar-refractivity contribution >= 4 is 28.6 Å². The zero-order valence-electron chi connectivity index (χ0n) is 34.0. The number of nitrogens with one attached hydrogen (secondary N) is 1. The van der Waals surface area contributed by atoms with Crippen molar-refractivity contribution in [1.29, 1.82) is 0 Å². The largest absolute Gasteiger partial charge is 0.462 e. The van der Waals surface area contributed by atoms with E-state index in [9.17, 15) is 19.8 Å². The van der Waals surface area contributed by atoms with Gasteiger partial charge in [-0.05, 0) is 96.9 Å². The number of likely N-dealkylation sites (N-methyl/N-ethyl adjacent to an activating group) is 3. The lowest BCUT2D eigenvalue weighted by atomic mass is 10.1. The molecule has 0 radical (unpaired) electrons. The highest BCUT2D eigenvalue weighted by atomic mass is 28.4. The highest BCUT2D eigenvalue weighted by molar-refractivity contribution is 6.84. The Morgan fingerprint density at radius 1 is 0.725 bits per heavy atom. The lowest BCUT2D eigenvalue weighted by Gasteiger charge is -2.34. The van der Waals surface area contributed by atoms with Crippen LogP contribution in [0.15, 0.2) is 0 Å². The van der Waals surface area contributed by atoms with Gasteiger partial charge in [-0.25, -0.2) is 0 Å². The van der Waals surface area contributed by atoms with Crippen LogP contribution in [-0.2, 0) is 37.4 Å². The maximum atomic E-state index is 12.2. The third-order valence-electron chi connectivity index (χ3n) is 8.57. The van der Waals surface area contributed by atoms with E-state index in [1.54, 1.807) is 7.05 Å². The molecule has 0 bridgehead atoms. The van der Waals surface area contributed by atoms with Crippen molar-refractivity contribution in [2.45, 2.75) is 109 Å². The molecule has 0 aliphatic rings. The molecule has 0 aromatic rings. The molecule has 0 heterocycles. The van der Waals surface area contributed by atoms with Gasteiger partial charge in [-0.2, -0.15) is 0 Å². The third-order valence-corrected chi connectivity index (χ3v) is 16.1. The summed E-state index contributed by atoms with van der Waals surface area (Å²) in [5.74, 6) is -0.593. The minimum Gasteiger partial charge on any atom is -0.462 e. The number of quaternary nitrogens is 1. The Morgan fingerprint density at radius 3 is 1.82 bits per heavy atom. The predicted molar refractivity (Wildman–Crippen MR) is 208 cm³/mol. The van der Waals surface area contributed by atoms with Gasteiger partial charge in [0, 0.05) is 13.2 Å². The number of carbonyl (C=O) groups excluding carboxylic acids is 2. The van der Waals surface area contributed by atoms with E-state index < -0.39 is 22.7 Å². The number of carbonyl (C=O) groups is 2. The molecule has 0 fully saturated rings. The van der Waals surface area contributed by atoms with Crippen LogP contribution in [0.25, 0.3) is 0 Å². The van der Waals surface area contributed by atoms with Gasteiger partial charge in [0.2, 0.25) is 0 Å². The molecule has 15 heteroatoms. The molecule has 0 aromatic carbocycles. The smallest absolute Gasteiger partial charge is 0.320 e. The van der Waals surface area contributed by atoms with Gasteiger partial charge in [0.15, 0.2) is 16.6 Å². The lowest BCUT2D eigenvalue weighted by molar-refractivity contribution is -0.893. The van der Waals surface area contributed by atoms with E-state index in [0.717, 1.165) is 81.2 Å². The first kappa shape index (κ1) is 50.0. The molecule has 0 aliphatic heterocycles. The molecule has 0 spiro atoms. The number of unbranched alkanes of at least 4 members (excludes halogenated alkanes) is 3. The molecular formula is C36H78N3O10Si2+. The molecule has 0 rings (SSSR count). The van der Waals surface area contributed by atoms with E-state index in [-0.39, 0.29) is 57.6 Å². The fourth-order valence-corrected chi connectivity index (χ4v) is 14.6. The zero-order valence-corrected chi connectivity index (χ0v) is 36.0. The normalized spacial score (nSPS) is 13.8. The Kier molecular flexibility index (Phi) is 28.8. The Balaban J connectivity index is 4.01. The Hall–Kier alpha value is -0.986. The highest BCUT2D eigenvalue weighted by Gasteiger charge is 2.32. The van der Waals surface area contributed by atoms with Crippen molar-refractivity contribution in [1.82, 2.24) is 10.2 Å². The van der Waals surface area contributed by atoms with Gasteiger partial charge in [0.05, 0.1) is 66.3 Å². The number of hydrogen-bond donors (Lipinski definition) is 3. The molecule has 0 amide bonds. The van der Waals surface area contributed by atoms with E-state index in [2.05, 4.69) is 50.5 Å². The van der Waals surface area contributed by atoms with Crippen LogP contribution in [0.5, 0.6) is 0 Å². The molecular weight excluding hydrogens is 691 g/mol. The minimum atomic E-state index is -1.81. The second-order valence-electron chi connectivity index (χ2n) is 15.4. The van der Waals surface area contributed by atoms with Crippen molar-refractivity contribution in [3.05, 3.63) is 0 Å². The number of hydrogen-bond acceptors (Lipinski definition) is 12. The second kappa shape index (κ2) is 29.4. The Labute approximate surface area is 312 Å². The first-order valence-electron chi connectivity index (χ1n) is 19.3. The summed E-state index contributed by atoms with van der Waals surface area (Å²) in [4.78, 5) is 25.6. The molecule has 13 nitrogen and oxygen atoms in total. The standard InChI is InChI=1S/C36H78N3O10Si2/c1-10-33(40)31-45-20-16-26-50(6,7)49-51(8,9)27-17-21-46-32-34(41)30-39(4,5)19-15-13-12-14-18-38(11-2)29-36(43)48-25-23-44-22-24-47-35(42)28-37-3/h33-34,37,40-41H,10-32H2,1-9H3/q+1. The average molecular weight is 769 g/mol. The van der Waals surface area contributed by atoms with Gasteiger partial charge in [0.1, 0.15) is 25.9 Å². The monoisotopic (exact) mass is 769 g/mol. The molecule has 0 saturated heterocycles. The van der Waals surface area contributed by atoms with E-state index in [4.69, 9.17) is 27.8 Å². The Morgan fingerprint density at radius 2 is 1.27 bits per heavy atom. The SMILES string of the molecule is CCC(O)COCCC[Si](C)(C)O[Si](C)(C)CCCOCC(O)C[N+](C)(C)CCCCCCN(CC)CC(=O)OCCOCCOC(=O)CNC. The maximum absolute atomic E-state index is 12.2. The average Bonchev–Trinajstić information content (AvgIpc) is 3.04. The molecule has 304 valence electrons. The van der Waals surface area contributed by atoms with Gasteiger partial charge in [-0.1, -0.05) is 20.3 Å². The predicted octanol–water partition coefficient (Wildman–Crippen LogP) is 3.64. The second-order valence-corrected chi connectivity index (χ2v) is 24.3. The summed E-state index contributed by atoms with van der Waals surface area (Å²) in [5.41, 5.74) is 0. The van der Waals surface area contributed by atoms with Crippen LogP contribution in [0.1, 0.15) is 58.8 Å². The van der Waals surface area contributed by atoms with Crippen LogP contribution in [0.3, 0.4) is 0 Å². The fraction of sp³-hybridized carbons (Fsp3) is 0.944. The summed E-state index contributed by atoms with van der Waals surface area (Å²) < 4.78 is 34.5. The number of ether oxygens (including phenoxy) is 5. The summed E-state index contributed by atoms with van der Waals surface area (Å²) in [6.45, 7) is 19.8. The van der Waals surface area contributed by atoms with Crippen molar-refractivity contribution in [2.24, 2.45) is 0 Å². The molecule has 0 saturated carbocycles. The zero-order chi connectivity index (χ0) is 38.6. The van der Waals surface area contributed by atoms with Gasteiger partial charge < -0.3 is 47.8 Å².